The molecule has 2 aromatic carbocycles. The van der Waals surface area contributed by atoms with Crippen LogP contribution in [0.2, 0.25) is 0 Å². The molecule has 2 heterocycles. The van der Waals surface area contributed by atoms with Crippen molar-refractivity contribution in [2.75, 3.05) is 0 Å². The average Bonchev–Trinajstić information content (AvgIpc) is 3.46. The number of carbonyl (C=O) groups is 1. The predicted octanol–water partition coefficient (Wildman–Crippen LogP) is 5.38. The van der Waals surface area contributed by atoms with Crippen molar-refractivity contribution in [1.29, 1.82) is 0 Å². The molecular formula is C25H27N5OS2. The van der Waals surface area contributed by atoms with Gasteiger partial charge in [0.05, 0.1) is 5.75 Å². The van der Waals surface area contributed by atoms with E-state index in [2.05, 4.69) is 63.2 Å². The molecule has 0 aliphatic rings. The Bertz CT molecular complexity index is 1190. The topological polar surface area (TPSA) is 72.7 Å². The molecule has 2 aromatic heterocycles. The summed E-state index contributed by atoms with van der Waals surface area (Å²) in [5.74, 6) is 1.75. The highest BCUT2D eigenvalue weighted by Gasteiger charge is 2.18. The lowest BCUT2D eigenvalue weighted by molar-refractivity contribution is 0.0926. The van der Waals surface area contributed by atoms with Crippen LogP contribution in [0.3, 0.4) is 0 Å². The minimum Gasteiger partial charge on any atom is -0.348 e. The number of amides is 1. The molecule has 0 fully saturated rings. The summed E-state index contributed by atoms with van der Waals surface area (Å²) in [5, 5.41) is 15.5. The SMILES string of the molecule is CC(C)C(C)NC(=O)c1csc(CSc2nnc(Cc3ccccc3)n2-c2ccccc2)n1. The second-order valence-electron chi connectivity index (χ2n) is 8.15. The summed E-state index contributed by atoms with van der Waals surface area (Å²) in [6, 6.07) is 20.5. The van der Waals surface area contributed by atoms with Gasteiger partial charge in [-0.25, -0.2) is 4.98 Å². The second-order valence-corrected chi connectivity index (χ2v) is 10.0. The maximum atomic E-state index is 12.5. The summed E-state index contributed by atoms with van der Waals surface area (Å²) in [6.07, 6.45) is 0.693. The predicted molar refractivity (Wildman–Crippen MR) is 134 cm³/mol. The van der Waals surface area contributed by atoms with Crippen molar-refractivity contribution in [3.8, 4) is 5.69 Å². The third kappa shape index (κ3) is 5.89. The van der Waals surface area contributed by atoms with E-state index in [1.807, 2.05) is 48.7 Å². The summed E-state index contributed by atoms with van der Waals surface area (Å²) < 4.78 is 2.10. The Morgan fingerprint density at radius 2 is 1.73 bits per heavy atom. The number of aromatic nitrogens is 4. The van der Waals surface area contributed by atoms with Gasteiger partial charge >= 0.3 is 0 Å². The molecule has 0 aliphatic carbocycles. The Balaban J connectivity index is 1.51. The van der Waals surface area contributed by atoms with Crippen LogP contribution in [0.1, 0.15) is 47.7 Å². The van der Waals surface area contributed by atoms with E-state index >= 15 is 0 Å². The molecule has 0 radical (unpaired) electrons. The first-order valence-electron chi connectivity index (χ1n) is 10.9. The highest BCUT2D eigenvalue weighted by Crippen LogP contribution is 2.27. The number of carbonyl (C=O) groups excluding carboxylic acids is 1. The smallest absolute Gasteiger partial charge is 0.270 e. The zero-order valence-electron chi connectivity index (χ0n) is 18.9. The number of nitrogens with one attached hydrogen (secondary N) is 1. The first-order chi connectivity index (χ1) is 16.0. The molecule has 6 nitrogen and oxygen atoms in total. The lowest BCUT2D eigenvalue weighted by Crippen LogP contribution is -2.36. The molecular weight excluding hydrogens is 450 g/mol. The number of benzene rings is 2. The lowest BCUT2D eigenvalue weighted by Gasteiger charge is -2.16. The number of hydrogen-bond donors (Lipinski definition) is 1. The van der Waals surface area contributed by atoms with Gasteiger partial charge in [-0.05, 0) is 30.5 Å². The van der Waals surface area contributed by atoms with E-state index in [0.29, 0.717) is 23.8 Å². The maximum absolute atomic E-state index is 12.5. The molecule has 0 aliphatic heterocycles. The van der Waals surface area contributed by atoms with Gasteiger partial charge in [0.2, 0.25) is 0 Å². The molecule has 0 spiro atoms. The van der Waals surface area contributed by atoms with E-state index in [0.717, 1.165) is 21.7 Å². The molecule has 1 unspecified atom stereocenters. The van der Waals surface area contributed by atoms with Gasteiger partial charge in [-0.1, -0.05) is 74.1 Å². The van der Waals surface area contributed by atoms with Crippen LogP contribution in [0.25, 0.3) is 5.69 Å². The van der Waals surface area contributed by atoms with E-state index in [1.165, 1.54) is 16.9 Å². The summed E-state index contributed by atoms with van der Waals surface area (Å²) >= 11 is 3.07. The highest BCUT2D eigenvalue weighted by molar-refractivity contribution is 7.98. The van der Waals surface area contributed by atoms with Crippen LogP contribution >= 0.6 is 23.1 Å². The third-order valence-corrected chi connectivity index (χ3v) is 7.36. The molecule has 4 rings (SSSR count). The Morgan fingerprint density at radius 1 is 1.03 bits per heavy atom. The largest absolute Gasteiger partial charge is 0.348 e. The van der Waals surface area contributed by atoms with Gasteiger partial charge in [0.1, 0.15) is 16.5 Å². The summed E-state index contributed by atoms with van der Waals surface area (Å²) in [7, 11) is 0. The molecule has 33 heavy (non-hydrogen) atoms. The average molecular weight is 478 g/mol. The first-order valence-corrected chi connectivity index (χ1v) is 12.8. The van der Waals surface area contributed by atoms with Crippen molar-refractivity contribution in [2.24, 2.45) is 5.92 Å². The first kappa shape index (κ1) is 23.2. The lowest BCUT2D eigenvalue weighted by atomic mass is 10.1. The number of hydrogen-bond acceptors (Lipinski definition) is 6. The summed E-state index contributed by atoms with van der Waals surface area (Å²) in [5.41, 5.74) is 2.68. The van der Waals surface area contributed by atoms with Crippen LogP contribution in [-0.2, 0) is 12.2 Å². The van der Waals surface area contributed by atoms with E-state index in [9.17, 15) is 4.79 Å². The van der Waals surface area contributed by atoms with Gasteiger partial charge in [0.15, 0.2) is 5.16 Å². The van der Waals surface area contributed by atoms with E-state index in [1.54, 1.807) is 11.8 Å². The van der Waals surface area contributed by atoms with Crippen LogP contribution in [0.15, 0.2) is 71.2 Å². The zero-order valence-corrected chi connectivity index (χ0v) is 20.6. The van der Waals surface area contributed by atoms with E-state index < -0.39 is 0 Å². The van der Waals surface area contributed by atoms with Gasteiger partial charge < -0.3 is 5.32 Å². The molecule has 8 heteroatoms. The zero-order chi connectivity index (χ0) is 23.2. The summed E-state index contributed by atoms with van der Waals surface area (Å²) in [6.45, 7) is 6.18. The molecule has 4 aromatic rings. The van der Waals surface area contributed by atoms with Crippen molar-refractivity contribution in [2.45, 2.75) is 44.1 Å². The van der Waals surface area contributed by atoms with Gasteiger partial charge in [-0.2, -0.15) is 0 Å². The standard InChI is InChI=1S/C25H27N5OS2/c1-17(2)18(3)26-24(31)21-15-32-23(27-21)16-33-25-29-28-22(14-19-10-6-4-7-11-19)30(25)20-12-8-5-9-13-20/h4-13,15,17-18H,14,16H2,1-3H3,(H,26,31). The van der Waals surface area contributed by atoms with Gasteiger partial charge in [0, 0.05) is 23.5 Å². The molecule has 1 N–H and O–H groups in total. The Morgan fingerprint density at radius 3 is 2.42 bits per heavy atom. The van der Waals surface area contributed by atoms with Crippen molar-refractivity contribution >= 4 is 29.0 Å². The molecule has 0 bridgehead atoms. The van der Waals surface area contributed by atoms with Crippen molar-refractivity contribution < 1.29 is 4.79 Å². The maximum Gasteiger partial charge on any atom is 0.270 e. The van der Waals surface area contributed by atoms with Crippen LogP contribution < -0.4 is 5.32 Å². The normalized spacial score (nSPS) is 12.1. The Labute approximate surface area is 202 Å². The number of thiazole rings is 1. The Kier molecular flexibility index (Phi) is 7.57. The Hall–Kier alpha value is -2.97. The summed E-state index contributed by atoms with van der Waals surface area (Å²) in [4.78, 5) is 17.0. The fraction of sp³-hybridized carbons (Fsp3) is 0.280. The van der Waals surface area contributed by atoms with Crippen LogP contribution in [0, 0.1) is 5.92 Å². The van der Waals surface area contributed by atoms with Crippen LogP contribution in [0.4, 0.5) is 0 Å². The van der Waals surface area contributed by atoms with E-state index in [-0.39, 0.29) is 11.9 Å². The molecule has 1 amide bonds. The minimum absolute atomic E-state index is 0.101. The second kappa shape index (κ2) is 10.8. The fourth-order valence-electron chi connectivity index (χ4n) is 3.18. The number of para-hydroxylation sites is 1. The molecule has 0 saturated carbocycles. The number of rotatable bonds is 9. The highest BCUT2D eigenvalue weighted by atomic mass is 32.2. The molecule has 170 valence electrons. The van der Waals surface area contributed by atoms with Gasteiger partial charge in [-0.3, -0.25) is 9.36 Å². The van der Waals surface area contributed by atoms with Crippen molar-refractivity contribution in [3.63, 3.8) is 0 Å². The molecule has 1 atom stereocenters. The van der Waals surface area contributed by atoms with Gasteiger partial charge in [0.25, 0.3) is 5.91 Å². The number of thioether (sulfide) groups is 1. The molecule has 0 saturated heterocycles. The van der Waals surface area contributed by atoms with Crippen LogP contribution in [0.5, 0.6) is 0 Å². The monoisotopic (exact) mass is 477 g/mol. The quantitative estimate of drug-likeness (QED) is 0.328. The van der Waals surface area contributed by atoms with Crippen molar-refractivity contribution in [1.82, 2.24) is 25.1 Å². The van der Waals surface area contributed by atoms with Gasteiger partial charge in [-0.15, -0.1) is 21.5 Å². The van der Waals surface area contributed by atoms with Crippen LogP contribution in [-0.4, -0.2) is 31.7 Å². The fourth-order valence-corrected chi connectivity index (χ4v) is 4.94. The third-order valence-electron chi connectivity index (χ3n) is 5.39. The van der Waals surface area contributed by atoms with Crippen molar-refractivity contribution in [3.05, 3.63) is 88.1 Å². The van der Waals surface area contributed by atoms with E-state index in [4.69, 9.17) is 0 Å². The minimum atomic E-state index is -0.124. The number of nitrogens with zero attached hydrogens (tertiary/aromatic N) is 4.